The Hall–Kier alpha value is -0.120. The first-order valence-electron chi connectivity index (χ1n) is 6.88. The molecule has 3 fully saturated rings. The van der Waals surface area contributed by atoms with E-state index in [0.29, 0.717) is 6.04 Å². The summed E-state index contributed by atoms with van der Waals surface area (Å²) in [6.45, 7) is 4.87. The number of nitrogens with two attached hydrogens (primary N) is 1. The van der Waals surface area contributed by atoms with Crippen LogP contribution in [0.15, 0.2) is 0 Å². The van der Waals surface area contributed by atoms with E-state index in [9.17, 15) is 0 Å². The molecule has 2 N–H and O–H groups in total. The van der Waals surface area contributed by atoms with Crippen molar-refractivity contribution in [3.05, 3.63) is 0 Å². The van der Waals surface area contributed by atoms with Gasteiger partial charge in [-0.1, -0.05) is 6.42 Å². The van der Waals surface area contributed by atoms with Crippen molar-refractivity contribution >= 4 is 0 Å². The normalized spacial score (nSPS) is 44.1. The molecule has 4 atom stereocenters. The van der Waals surface area contributed by atoms with Gasteiger partial charge in [-0.2, -0.15) is 0 Å². The summed E-state index contributed by atoms with van der Waals surface area (Å²) in [7, 11) is 0. The van der Waals surface area contributed by atoms with Crippen molar-refractivity contribution in [1.29, 1.82) is 0 Å². The first kappa shape index (κ1) is 11.0. The fourth-order valence-corrected chi connectivity index (χ4v) is 4.05. The smallest absolute Gasteiger partial charge is 0.0634 e. The van der Waals surface area contributed by atoms with Gasteiger partial charge >= 0.3 is 0 Å². The topological polar surface area (TPSA) is 38.5 Å². The van der Waals surface area contributed by atoms with Crippen molar-refractivity contribution in [1.82, 2.24) is 4.90 Å². The van der Waals surface area contributed by atoms with Crippen molar-refractivity contribution < 1.29 is 4.74 Å². The van der Waals surface area contributed by atoms with Crippen LogP contribution in [0.3, 0.4) is 0 Å². The van der Waals surface area contributed by atoms with Crippen LogP contribution < -0.4 is 5.73 Å². The van der Waals surface area contributed by atoms with E-state index in [1.165, 1.54) is 32.2 Å². The van der Waals surface area contributed by atoms with Gasteiger partial charge in [-0.05, 0) is 37.0 Å². The molecule has 1 heterocycles. The first-order valence-corrected chi connectivity index (χ1v) is 6.88. The Morgan fingerprint density at radius 3 is 2.88 bits per heavy atom. The van der Waals surface area contributed by atoms with Crippen molar-refractivity contribution in [3.63, 3.8) is 0 Å². The van der Waals surface area contributed by atoms with E-state index in [0.717, 1.165) is 44.1 Å². The summed E-state index contributed by atoms with van der Waals surface area (Å²) < 4.78 is 5.51. The largest absolute Gasteiger partial charge is 0.378 e. The Bertz CT molecular complexity index is 246. The van der Waals surface area contributed by atoms with Gasteiger partial charge in [0.25, 0.3) is 0 Å². The molecule has 3 heteroatoms. The molecule has 0 spiro atoms. The van der Waals surface area contributed by atoms with E-state index in [-0.39, 0.29) is 0 Å². The summed E-state index contributed by atoms with van der Waals surface area (Å²) in [6.07, 6.45) is 6.00. The maximum Gasteiger partial charge on any atom is 0.0634 e. The SMILES string of the molecule is NCC1COCCN1CC1CC2CCC1C2. The predicted molar refractivity (Wildman–Crippen MR) is 64.2 cm³/mol. The third kappa shape index (κ3) is 2.01. The molecule has 1 aliphatic heterocycles. The van der Waals surface area contributed by atoms with Crippen molar-refractivity contribution in [3.8, 4) is 0 Å². The standard InChI is InChI=1S/C13H24N2O/c14-7-13-9-16-4-3-15(13)8-12-6-10-1-2-11(12)5-10/h10-13H,1-9,14H2. The van der Waals surface area contributed by atoms with Crippen LogP contribution in [0.5, 0.6) is 0 Å². The average Bonchev–Trinajstić information content (AvgIpc) is 2.92. The zero-order valence-electron chi connectivity index (χ0n) is 10.1. The zero-order valence-corrected chi connectivity index (χ0v) is 10.1. The van der Waals surface area contributed by atoms with Gasteiger partial charge in [-0.3, -0.25) is 4.90 Å². The van der Waals surface area contributed by atoms with Gasteiger partial charge in [0.2, 0.25) is 0 Å². The molecule has 3 nitrogen and oxygen atoms in total. The fraction of sp³-hybridized carbons (Fsp3) is 1.00. The van der Waals surface area contributed by atoms with Crippen molar-refractivity contribution in [2.45, 2.75) is 31.7 Å². The van der Waals surface area contributed by atoms with Crippen LogP contribution in [0.2, 0.25) is 0 Å². The van der Waals surface area contributed by atoms with E-state index in [4.69, 9.17) is 10.5 Å². The van der Waals surface area contributed by atoms with Crippen LogP contribution in [0.1, 0.15) is 25.7 Å². The molecule has 0 aromatic rings. The van der Waals surface area contributed by atoms with E-state index < -0.39 is 0 Å². The number of hydrogen-bond donors (Lipinski definition) is 1. The van der Waals surface area contributed by atoms with Gasteiger partial charge in [0.05, 0.1) is 13.2 Å². The van der Waals surface area contributed by atoms with E-state index >= 15 is 0 Å². The third-order valence-corrected chi connectivity index (χ3v) is 4.98. The molecule has 0 radical (unpaired) electrons. The molecule has 2 saturated carbocycles. The monoisotopic (exact) mass is 224 g/mol. The van der Waals surface area contributed by atoms with Crippen LogP contribution in [-0.4, -0.2) is 43.8 Å². The minimum absolute atomic E-state index is 0.480. The minimum Gasteiger partial charge on any atom is -0.378 e. The van der Waals surface area contributed by atoms with E-state index in [1.807, 2.05) is 0 Å². The van der Waals surface area contributed by atoms with Gasteiger partial charge in [0.15, 0.2) is 0 Å². The zero-order chi connectivity index (χ0) is 11.0. The first-order chi connectivity index (χ1) is 7.86. The maximum absolute atomic E-state index is 5.82. The molecule has 3 rings (SSSR count). The van der Waals surface area contributed by atoms with Crippen molar-refractivity contribution in [2.24, 2.45) is 23.5 Å². The molecule has 0 amide bonds. The number of ether oxygens (including phenoxy) is 1. The second-order valence-corrected chi connectivity index (χ2v) is 5.89. The van der Waals surface area contributed by atoms with Crippen LogP contribution in [0.25, 0.3) is 0 Å². The van der Waals surface area contributed by atoms with Crippen LogP contribution in [0, 0.1) is 17.8 Å². The summed E-state index contributed by atoms with van der Waals surface area (Å²) in [6, 6.07) is 0.480. The summed E-state index contributed by atoms with van der Waals surface area (Å²) in [5.74, 6) is 3.06. The number of fused-ring (bicyclic) bond motifs is 2. The van der Waals surface area contributed by atoms with Crippen LogP contribution in [-0.2, 0) is 4.74 Å². The summed E-state index contributed by atoms with van der Waals surface area (Å²) in [5, 5.41) is 0. The fourth-order valence-electron chi connectivity index (χ4n) is 4.05. The summed E-state index contributed by atoms with van der Waals surface area (Å²) in [5.41, 5.74) is 5.82. The Morgan fingerprint density at radius 1 is 1.25 bits per heavy atom. The molecule has 4 unspecified atom stereocenters. The predicted octanol–water partition coefficient (Wildman–Crippen LogP) is 1.08. The van der Waals surface area contributed by atoms with E-state index in [2.05, 4.69) is 4.90 Å². The molecule has 0 aromatic heterocycles. The average molecular weight is 224 g/mol. The van der Waals surface area contributed by atoms with Crippen LogP contribution in [0.4, 0.5) is 0 Å². The lowest BCUT2D eigenvalue weighted by Crippen LogP contribution is -2.51. The number of rotatable bonds is 3. The van der Waals surface area contributed by atoms with Gasteiger partial charge < -0.3 is 10.5 Å². The highest BCUT2D eigenvalue weighted by Crippen LogP contribution is 2.48. The second kappa shape index (κ2) is 4.63. The molecular formula is C13H24N2O. The number of nitrogens with zero attached hydrogens (tertiary/aromatic N) is 1. The highest BCUT2D eigenvalue weighted by molar-refractivity contribution is 4.92. The lowest BCUT2D eigenvalue weighted by atomic mass is 9.88. The second-order valence-electron chi connectivity index (χ2n) is 5.89. The summed E-state index contributed by atoms with van der Waals surface area (Å²) in [4.78, 5) is 2.59. The highest BCUT2D eigenvalue weighted by atomic mass is 16.5. The molecule has 0 aromatic carbocycles. The highest BCUT2D eigenvalue weighted by Gasteiger charge is 2.40. The maximum atomic E-state index is 5.82. The Labute approximate surface area is 98.3 Å². The van der Waals surface area contributed by atoms with Gasteiger partial charge in [-0.15, -0.1) is 0 Å². The molecule has 16 heavy (non-hydrogen) atoms. The van der Waals surface area contributed by atoms with Crippen molar-refractivity contribution in [2.75, 3.05) is 32.8 Å². The number of hydrogen-bond acceptors (Lipinski definition) is 3. The lowest BCUT2D eigenvalue weighted by molar-refractivity contribution is -0.0144. The molecule has 2 bridgehead atoms. The van der Waals surface area contributed by atoms with E-state index in [1.54, 1.807) is 0 Å². The molecule has 3 aliphatic rings. The van der Waals surface area contributed by atoms with Crippen LogP contribution >= 0.6 is 0 Å². The molecular weight excluding hydrogens is 200 g/mol. The summed E-state index contributed by atoms with van der Waals surface area (Å²) >= 11 is 0. The quantitative estimate of drug-likeness (QED) is 0.779. The Kier molecular flexibility index (Phi) is 3.18. The molecule has 2 aliphatic carbocycles. The van der Waals surface area contributed by atoms with Gasteiger partial charge in [0, 0.05) is 25.7 Å². The Morgan fingerprint density at radius 2 is 2.19 bits per heavy atom. The lowest BCUT2D eigenvalue weighted by Gasteiger charge is -2.38. The molecule has 92 valence electrons. The number of morpholine rings is 1. The van der Waals surface area contributed by atoms with Gasteiger partial charge in [0.1, 0.15) is 0 Å². The van der Waals surface area contributed by atoms with Gasteiger partial charge in [-0.25, -0.2) is 0 Å². The molecule has 1 saturated heterocycles. The third-order valence-electron chi connectivity index (χ3n) is 4.98. The minimum atomic E-state index is 0.480. The Balaban J connectivity index is 1.56.